The second-order valence-corrected chi connectivity index (χ2v) is 9.23. The summed E-state index contributed by atoms with van der Waals surface area (Å²) in [5.41, 5.74) is 0.691. The van der Waals surface area contributed by atoms with E-state index in [4.69, 9.17) is 37.2 Å². The molecule has 30 heavy (non-hydrogen) atoms. The third-order valence-corrected chi connectivity index (χ3v) is 6.42. The van der Waals surface area contributed by atoms with E-state index in [0.717, 1.165) is 0 Å². The molecule has 0 radical (unpaired) electrons. The Hall–Kier alpha value is -0.490. The Kier molecular flexibility index (Phi) is 10.8. The van der Waals surface area contributed by atoms with Gasteiger partial charge in [-0.05, 0) is 17.7 Å². The Morgan fingerprint density at radius 2 is 1.60 bits per heavy atom. The van der Waals surface area contributed by atoms with Gasteiger partial charge in [0.2, 0.25) is 6.29 Å². The summed E-state index contributed by atoms with van der Waals surface area (Å²) in [6.45, 7) is 0.0683. The van der Waals surface area contributed by atoms with E-state index >= 15 is 0 Å². The largest absolute Gasteiger partial charge is 0.462 e. The van der Waals surface area contributed by atoms with Crippen LogP contribution in [0.1, 0.15) is 5.56 Å². The molecular weight excluding hydrogens is 462 g/mol. The van der Waals surface area contributed by atoms with Gasteiger partial charge in [-0.1, -0.05) is 12.1 Å². The highest BCUT2D eigenvalue weighted by Gasteiger charge is 2.44. The highest BCUT2D eigenvalue weighted by Crippen LogP contribution is 2.38. The molecule has 0 bridgehead atoms. The Labute approximate surface area is 184 Å². The molecule has 1 heterocycles. The molecule has 1 aromatic carbocycles. The summed E-state index contributed by atoms with van der Waals surface area (Å²) >= 11 is 11.2. The van der Waals surface area contributed by atoms with Gasteiger partial charge in [0.15, 0.2) is 0 Å². The summed E-state index contributed by atoms with van der Waals surface area (Å²) in [5, 5.41) is 44.3. The highest BCUT2D eigenvalue weighted by atomic mass is 35.5. The molecule has 0 saturated carbocycles. The number of halogens is 2. The average molecular weight is 489 g/mol. The molecule has 13 heteroatoms. The van der Waals surface area contributed by atoms with Gasteiger partial charge in [-0.15, -0.1) is 23.2 Å². The van der Waals surface area contributed by atoms with Crippen molar-refractivity contribution < 1.29 is 39.0 Å². The van der Waals surface area contributed by atoms with Crippen LogP contribution in [0.3, 0.4) is 0 Å². The Morgan fingerprint density at radius 3 is 2.13 bits per heavy atom. The number of hydrogen-bond acceptors (Lipinski definition) is 8. The van der Waals surface area contributed by atoms with E-state index in [1.54, 1.807) is 24.3 Å². The molecule has 0 amide bonds. The lowest BCUT2D eigenvalue weighted by Gasteiger charge is -2.39. The first kappa shape index (κ1) is 25.8. The van der Waals surface area contributed by atoms with Gasteiger partial charge < -0.3 is 34.4 Å². The van der Waals surface area contributed by atoms with Crippen LogP contribution in [0.2, 0.25) is 0 Å². The van der Waals surface area contributed by atoms with Crippen LogP contribution < -0.4 is 14.9 Å². The standard InChI is InChI=1S/C17H27Cl2N2O8P/c18-5-7-20-30(26,21-8-6-19)27-10-11-1-3-12(4-2-11)28-17-16(25)15(24)14(23)13(9-22)29-17/h1-4,13-17,22-25H,5-10H2,(H2,20,21,26)/t13-,14+,15+,16-,17-/m1/s1. The summed E-state index contributed by atoms with van der Waals surface area (Å²) in [4.78, 5) is 0. The Bertz CT molecular complexity index is 672. The Balaban J connectivity index is 1.95. The molecule has 6 N–H and O–H groups in total. The van der Waals surface area contributed by atoms with Crippen LogP contribution in [0.15, 0.2) is 24.3 Å². The first-order valence-corrected chi connectivity index (χ1v) is 12.0. The average Bonchev–Trinajstić information content (AvgIpc) is 2.76. The lowest BCUT2D eigenvalue weighted by molar-refractivity contribution is -0.277. The fourth-order valence-electron chi connectivity index (χ4n) is 2.65. The minimum absolute atomic E-state index is 0.0299. The van der Waals surface area contributed by atoms with E-state index < -0.39 is 45.0 Å². The van der Waals surface area contributed by atoms with E-state index in [1.807, 2.05) is 0 Å². The van der Waals surface area contributed by atoms with Crippen LogP contribution in [-0.4, -0.2) is 82.6 Å². The summed E-state index contributed by atoms with van der Waals surface area (Å²) in [7, 11) is -3.32. The monoisotopic (exact) mass is 488 g/mol. The highest BCUT2D eigenvalue weighted by molar-refractivity contribution is 7.54. The maximum Gasteiger partial charge on any atom is 0.341 e. The van der Waals surface area contributed by atoms with Crippen LogP contribution in [0.5, 0.6) is 5.75 Å². The van der Waals surface area contributed by atoms with E-state index in [0.29, 0.717) is 24.4 Å². The summed E-state index contributed by atoms with van der Waals surface area (Å²) < 4.78 is 29.0. The van der Waals surface area contributed by atoms with Gasteiger partial charge in [0.05, 0.1) is 13.2 Å². The normalized spacial score (nSPS) is 27.2. The first-order valence-electron chi connectivity index (χ1n) is 9.26. The first-order chi connectivity index (χ1) is 14.3. The second-order valence-electron chi connectivity index (χ2n) is 6.48. The predicted octanol–water partition coefficient (Wildman–Crippen LogP) is 0.147. The third-order valence-electron chi connectivity index (χ3n) is 4.27. The van der Waals surface area contributed by atoms with Gasteiger partial charge in [-0.2, -0.15) is 0 Å². The molecule has 1 aliphatic heterocycles. The zero-order valence-electron chi connectivity index (χ0n) is 16.1. The molecule has 0 aliphatic carbocycles. The summed E-state index contributed by atoms with van der Waals surface area (Å²) in [5.74, 6) is 0.839. The van der Waals surface area contributed by atoms with Crippen molar-refractivity contribution in [3.05, 3.63) is 29.8 Å². The minimum atomic E-state index is -3.32. The van der Waals surface area contributed by atoms with E-state index in [2.05, 4.69) is 10.2 Å². The molecule has 5 atom stereocenters. The number of benzene rings is 1. The fourth-order valence-corrected chi connectivity index (χ4v) is 4.54. The zero-order chi connectivity index (χ0) is 22.1. The maximum atomic E-state index is 12.7. The molecule has 172 valence electrons. The zero-order valence-corrected chi connectivity index (χ0v) is 18.5. The van der Waals surface area contributed by atoms with Crippen LogP contribution in [0, 0.1) is 0 Å². The smallest absolute Gasteiger partial charge is 0.341 e. The quantitative estimate of drug-likeness (QED) is 0.177. The van der Waals surface area contributed by atoms with Crippen molar-refractivity contribution in [3.8, 4) is 5.75 Å². The fraction of sp³-hybridized carbons (Fsp3) is 0.647. The second kappa shape index (κ2) is 12.5. The molecule has 1 aliphatic rings. The summed E-state index contributed by atoms with van der Waals surface area (Å²) in [6.07, 6.45) is -6.82. The molecular formula is C17H27Cl2N2O8P. The van der Waals surface area contributed by atoms with E-state index in [-0.39, 0.29) is 18.4 Å². The number of ether oxygens (including phenoxy) is 2. The van der Waals surface area contributed by atoms with Crippen molar-refractivity contribution in [3.63, 3.8) is 0 Å². The molecule has 1 aromatic rings. The lowest BCUT2D eigenvalue weighted by Crippen LogP contribution is -2.60. The number of alkyl halides is 2. The van der Waals surface area contributed by atoms with E-state index in [1.165, 1.54) is 0 Å². The third kappa shape index (κ3) is 7.29. The van der Waals surface area contributed by atoms with Gasteiger partial charge in [0.25, 0.3) is 0 Å². The SMILES string of the molecule is O=P(NCCCl)(NCCCl)OCc1ccc(O[C@@H]2O[C@H](CO)[C@H](O)[C@H](O)[C@H]2O)cc1. The summed E-state index contributed by atoms with van der Waals surface area (Å²) in [6, 6.07) is 6.46. The topological polar surface area (TPSA) is 150 Å². The molecule has 0 aromatic heterocycles. The molecule has 10 nitrogen and oxygen atoms in total. The minimum Gasteiger partial charge on any atom is -0.462 e. The van der Waals surface area contributed by atoms with Crippen LogP contribution in [0.25, 0.3) is 0 Å². The maximum absolute atomic E-state index is 12.7. The van der Waals surface area contributed by atoms with Crippen molar-refractivity contribution in [2.75, 3.05) is 31.5 Å². The molecule has 0 spiro atoms. The van der Waals surface area contributed by atoms with Gasteiger partial charge in [0, 0.05) is 24.8 Å². The molecule has 0 unspecified atom stereocenters. The van der Waals surface area contributed by atoms with Crippen LogP contribution in [-0.2, 0) is 20.4 Å². The predicted molar refractivity (Wildman–Crippen MR) is 111 cm³/mol. The van der Waals surface area contributed by atoms with Gasteiger partial charge in [-0.25, -0.2) is 10.2 Å². The number of rotatable bonds is 12. The van der Waals surface area contributed by atoms with Crippen LogP contribution in [0.4, 0.5) is 0 Å². The lowest BCUT2D eigenvalue weighted by atomic mass is 9.99. The van der Waals surface area contributed by atoms with E-state index in [9.17, 15) is 25.0 Å². The van der Waals surface area contributed by atoms with Crippen molar-refractivity contribution in [1.82, 2.24) is 10.2 Å². The van der Waals surface area contributed by atoms with Crippen molar-refractivity contribution >= 4 is 30.9 Å². The van der Waals surface area contributed by atoms with Gasteiger partial charge in [0.1, 0.15) is 30.2 Å². The number of aliphatic hydroxyl groups excluding tert-OH is 4. The number of aliphatic hydroxyl groups is 4. The number of nitrogens with one attached hydrogen (secondary N) is 2. The van der Waals surface area contributed by atoms with Crippen LogP contribution >= 0.6 is 30.9 Å². The van der Waals surface area contributed by atoms with Crippen molar-refractivity contribution in [2.24, 2.45) is 0 Å². The van der Waals surface area contributed by atoms with Gasteiger partial charge in [-0.3, -0.25) is 4.57 Å². The molecule has 1 saturated heterocycles. The Morgan fingerprint density at radius 1 is 1.00 bits per heavy atom. The van der Waals surface area contributed by atoms with Crippen molar-refractivity contribution in [1.29, 1.82) is 0 Å². The van der Waals surface area contributed by atoms with Crippen molar-refractivity contribution in [2.45, 2.75) is 37.3 Å². The molecule has 1 fully saturated rings. The molecule has 2 rings (SSSR count). The van der Waals surface area contributed by atoms with Gasteiger partial charge >= 0.3 is 7.67 Å². The number of hydrogen-bond donors (Lipinski definition) is 6.